The SMILES string of the molecule is CC(=O)NC1CN(C(C)(C)CCNC(=O)CNC(C)C)C1. The second-order valence-electron chi connectivity index (χ2n) is 6.75. The van der Waals surface area contributed by atoms with Crippen LogP contribution in [0.3, 0.4) is 0 Å². The zero-order valence-electron chi connectivity index (χ0n) is 14.0. The van der Waals surface area contributed by atoms with Gasteiger partial charge in [0, 0.05) is 38.1 Å². The maximum Gasteiger partial charge on any atom is 0.233 e. The minimum absolute atomic E-state index is 0.0300. The van der Waals surface area contributed by atoms with Gasteiger partial charge in [-0.15, -0.1) is 0 Å². The molecule has 0 aromatic heterocycles. The van der Waals surface area contributed by atoms with E-state index < -0.39 is 0 Å². The maximum atomic E-state index is 11.6. The number of carbonyl (C=O) groups is 2. The van der Waals surface area contributed by atoms with Crippen molar-refractivity contribution < 1.29 is 9.59 Å². The van der Waals surface area contributed by atoms with Gasteiger partial charge in [0.05, 0.1) is 12.6 Å². The number of nitrogens with zero attached hydrogens (tertiary/aromatic N) is 1. The van der Waals surface area contributed by atoms with Crippen LogP contribution in [0.2, 0.25) is 0 Å². The third kappa shape index (κ3) is 6.44. The molecule has 21 heavy (non-hydrogen) atoms. The van der Waals surface area contributed by atoms with E-state index in [1.807, 2.05) is 13.8 Å². The molecule has 1 aliphatic heterocycles. The van der Waals surface area contributed by atoms with Crippen molar-refractivity contribution >= 4 is 11.8 Å². The Labute approximate surface area is 128 Å². The topological polar surface area (TPSA) is 73.5 Å². The summed E-state index contributed by atoms with van der Waals surface area (Å²) in [6.45, 7) is 12.8. The van der Waals surface area contributed by atoms with Crippen molar-refractivity contribution in [1.82, 2.24) is 20.9 Å². The Morgan fingerprint density at radius 1 is 1.29 bits per heavy atom. The molecule has 1 aliphatic rings. The van der Waals surface area contributed by atoms with Crippen LogP contribution in [0.1, 0.15) is 41.0 Å². The Kier molecular flexibility index (Phi) is 6.61. The van der Waals surface area contributed by atoms with Gasteiger partial charge in [0.15, 0.2) is 0 Å². The predicted octanol–water partition coefficient (Wildman–Crippen LogP) is 0.0896. The van der Waals surface area contributed by atoms with Crippen molar-refractivity contribution in [2.75, 3.05) is 26.2 Å². The summed E-state index contributed by atoms with van der Waals surface area (Å²) >= 11 is 0. The van der Waals surface area contributed by atoms with Gasteiger partial charge in [0.1, 0.15) is 0 Å². The van der Waals surface area contributed by atoms with Crippen molar-refractivity contribution in [1.29, 1.82) is 0 Å². The van der Waals surface area contributed by atoms with Crippen LogP contribution in [-0.2, 0) is 9.59 Å². The highest BCUT2D eigenvalue weighted by atomic mass is 16.2. The molecule has 122 valence electrons. The predicted molar refractivity (Wildman–Crippen MR) is 84.0 cm³/mol. The molecule has 1 rings (SSSR count). The second kappa shape index (κ2) is 7.75. The highest BCUT2D eigenvalue weighted by Crippen LogP contribution is 2.24. The molecule has 0 aromatic rings. The summed E-state index contributed by atoms with van der Waals surface area (Å²) in [4.78, 5) is 24.9. The molecule has 6 nitrogen and oxygen atoms in total. The van der Waals surface area contributed by atoms with Gasteiger partial charge in [-0.25, -0.2) is 0 Å². The van der Waals surface area contributed by atoms with Crippen molar-refractivity contribution in [3.05, 3.63) is 0 Å². The molecule has 0 radical (unpaired) electrons. The van der Waals surface area contributed by atoms with E-state index in [0.29, 0.717) is 19.1 Å². The molecular formula is C15H30N4O2. The van der Waals surface area contributed by atoms with E-state index >= 15 is 0 Å². The quantitative estimate of drug-likeness (QED) is 0.594. The number of amides is 2. The fourth-order valence-electron chi connectivity index (χ4n) is 2.38. The van der Waals surface area contributed by atoms with Gasteiger partial charge >= 0.3 is 0 Å². The summed E-state index contributed by atoms with van der Waals surface area (Å²) in [6.07, 6.45) is 0.896. The lowest BCUT2D eigenvalue weighted by atomic mass is 9.92. The molecule has 0 aliphatic carbocycles. The Hall–Kier alpha value is -1.14. The van der Waals surface area contributed by atoms with E-state index in [2.05, 4.69) is 34.7 Å². The number of nitrogens with one attached hydrogen (secondary N) is 3. The Morgan fingerprint density at radius 2 is 1.90 bits per heavy atom. The van der Waals surface area contributed by atoms with Gasteiger partial charge in [0.25, 0.3) is 0 Å². The number of likely N-dealkylation sites (tertiary alicyclic amines) is 1. The minimum atomic E-state index is 0.0300. The fourth-order valence-corrected chi connectivity index (χ4v) is 2.38. The summed E-state index contributed by atoms with van der Waals surface area (Å²) in [7, 11) is 0. The van der Waals surface area contributed by atoms with Crippen LogP contribution in [0.4, 0.5) is 0 Å². The first-order valence-electron chi connectivity index (χ1n) is 7.73. The molecule has 1 saturated heterocycles. The van der Waals surface area contributed by atoms with Crippen molar-refractivity contribution in [2.24, 2.45) is 0 Å². The highest BCUT2D eigenvalue weighted by molar-refractivity contribution is 5.77. The van der Waals surface area contributed by atoms with Crippen LogP contribution in [0, 0.1) is 0 Å². The molecule has 0 spiro atoms. The maximum absolute atomic E-state index is 11.6. The summed E-state index contributed by atoms with van der Waals surface area (Å²) in [6, 6.07) is 0.589. The molecule has 6 heteroatoms. The summed E-state index contributed by atoms with van der Waals surface area (Å²) in [5.41, 5.74) is 0.0354. The van der Waals surface area contributed by atoms with Crippen LogP contribution in [0.25, 0.3) is 0 Å². The third-order valence-corrected chi connectivity index (χ3v) is 3.87. The first-order valence-corrected chi connectivity index (χ1v) is 7.73. The van der Waals surface area contributed by atoms with Crippen LogP contribution < -0.4 is 16.0 Å². The number of rotatable bonds is 8. The van der Waals surface area contributed by atoms with E-state index in [0.717, 1.165) is 19.5 Å². The summed E-state index contributed by atoms with van der Waals surface area (Å²) < 4.78 is 0. The van der Waals surface area contributed by atoms with E-state index in [1.165, 1.54) is 0 Å². The molecule has 0 atom stereocenters. The van der Waals surface area contributed by atoms with Gasteiger partial charge < -0.3 is 16.0 Å². The first-order chi connectivity index (χ1) is 9.70. The molecular weight excluding hydrogens is 268 g/mol. The van der Waals surface area contributed by atoms with E-state index in [9.17, 15) is 9.59 Å². The standard InChI is InChI=1S/C15H30N4O2/c1-11(2)17-8-14(21)16-7-6-15(4,5)19-9-13(10-19)18-12(3)20/h11,13,17H,6-10H2,1-5H3,(H,16,21)(H,18,20). The van der Waals surface area contributed by atoms with Crippen LogP contribution >= 0.6 is 0 Å². The van der Waals surface area contributed by atoms with Crippen LogP contribution in [0.5, 0.6) is 0 Å². The molecule has 2 amide bonds. The molecule has 3 N–H and O–H groups in total. The van der Waals surface area contributed by atoms with Gasteiger partial charge in [-0.3, -0.25) is 14.5 Å². The fraction of sp³-hybridized carbons (Fsp3) is 0.867. The Morgan fingerprint density at radius 3 is 2.43 bits per heavy atom. The van der Waals surface area contributed by atoms with Crippen molar-refractivity contribution in [3.63, 3.8) is 0 Å². The number of hydrogen-bond acceptors (Lipinski definition) is 4. The van der Waals surface area contributed by atoms with Gasteiger partial charge in [-0.1, -0.05) is 13.8 Å². The van der Waals surface area contributed by atoms with Crippen LogP contribution in [-0.4, -0.2) is 60.5 Å². The lowest BCUT2D eigenvalue weighted by Crippen LogP contribution is -2.65. The Balaban J connectivity index is 2.19. The minimum Gasteiger partial charge on any atom is -0.355 e. The first kappa shape index (κ1) is 17.9. The van der Waals surface area contributed by atoms with E-state index in [-0.39, 0.29) is 23.4 Å². The molecule has 0 unspecified atom stereocenters. The third-order valence-electron chi connectivity index (χ3n) is 3.87. The van der Waals surface area contributed by atoms with E-state index in [4.69, 9.17) is 0 Å². The lowest BCUT2D eigenvalue weighted by Gasteiger charge is -2.49. The molecule has 0 saturated carbocycles. The number of hydrogen-bond donors (Lipinski definition) is 3. The normalized spacial score (nSPS) is 16.7. The monoisotopic (exact) mass is 298 g/mol. The van der Waals surface area contributed by atoms with Gasteiger partial charge in [0.2, 0.25) is 11.8 Å². The zero-order chi connectivity index (χ0) is 16.0. The smallest absolute Gasteiger partial charge is 0.233 e. The number of carbonyl (C=O) groups excluding carboxylic acids is 2. The zero-order valence-corrected chi connectivity index (χ0v) is 14.0. The summed E-state index contributed by atoms with van der Waals surface area (Å²) in [5, 5.41) is 8.97. The molecule has 0 bridgehead atoms. The van der Waals surface area contributed by atoms with E-state index in [1.54, 1.807) is 6.92 Å². The average molecular weight is 298 g/mol. The largest absolute Gasteiger partial charge is 0.355 e. The molecule has 1 heterocycles. The highest BCUT2D eigenvalue weighted by Gasteiger charge is 2.37. The average Bonchev–Trinajstić information content (AvgIpc) is 2.30. The van der Waals surface area contributed by atoms with Crippen molar-refractivity contribution in [2.45, 2.75) is 58.7 Å². The lowest BCUT2D eigenvalue weighted by molar-refractivity contribution is -0.122. The van der Waals surface area contributed by atoms with Gasteiger partial charge in [-0.05, 0) is 20.3 Å². The van der Waals surface area contributed by atoms with Gasteiger partial charge in [-0.2, -0.15) is 0 Å². The molecule has 0 aromatic carbocycles. The van der Waals surface area contributed by atoms with Crippen LogP contribution in [0.15, 0.2) is 0 Å². The second-order valence-corrected chi connectivity index (χ2v) is 6.75. The molecule has 1 fully saturated rings. The Bertz CT molecular complexity index is 363. The summed E-state index contributed by atoms with van der Waals surface area (Å²) in [5.74, 6) is 0.0709. The van der Waals surface area contributed by atoms with Crippen molar-refractivity contribution in [3.8, 4) is 0 Å².